The number of hydrazine groups is 1. The van der Waals surface area contributed by atoms with E-state index >= 15 is 0 Å². The molecule has 1 aromatic carbocycles. The topological polar surface area (TPSA) is 99.6 Å². The van der Waals surface area contributed by atoms with Crippen molar-refractivity contribution in [3.63, 3.8) is 0 Å². The number of hydrazone groups is 1. The number of nitrogens with zero attached hydrogens (tertiary/aromatic N) is 4. The van der Waals surface area contributed by atoms with Gasteiger partial charge in [0.05, 0.1) is 23.5 Å². The third kappa shape index (κ3) is 3.22. The van der Waals surface area contributed by atoms with Crippen molar-refractivity contribution >= 4 is 17.6 Å². The Kier molecular flexibility index (Phi) is 4.19. The van der Waals surface area contributed by atoms with Crippen molar-refractivity contribution in [2.75, 3.05) is 6.54 Å². The summed E-state index contributed by atoms with van der Waals surface area (Å²) in [5, 5.41) is 4.97. The monoisotopic (exact) mass is 324 g/mol. The van der Waals surface area contributed by atoms with Crippen LogP contribution in [0.15, 0.2) is 41.6 Å². The molecule has 1 aliphatic rings. The maximum absolute atomic E-state index is 12.4. The lowest BCUT2D eigenvalue weighted by molar-refractivity contribution is 0.0837. The molecule has 0 aliphatic carbocycles. The predicted octanol–water partition coefficient (Wildman–Crippen LogP) is 1.50. The molecule has 8 nitrogen and oxygen atoms in total. The van der Waals surface area contributed by atoms with Crippen molar-refractivity contribution in [3.8, 4) is 11.4 Å². The maximum atomic E-state index is 12.4. The third-order valence-corrected chi connectivity index (χ3v) is 3.47. The zero-order valence-electron chi connectivity index (χ0n) is 13.3. The minimum absolute atomic E-state index is 0.222. The van der Waals surface area contributed by atoms with Crippen LogP contribution in [0.2, 0.25) is 0 Å². The van der Waals surface area contributed by atoms with Gasteiger partial charge in [-0.3, -0.25) is 10.2 Å². The Bertz CT molecular complexity index is 819. The van der Waals surface area contributed by atoms with E-state index in [4.69, 9.17) is 0 Å². The molecular formula is C16H16N6O2. The fraction of sp³-hybridized carbons (Fsp3) is 0.188. The molecule has 122 valence electrons. The van der Waals surface area contributed by atoms with Crippen LogP contribution in [0.5, 0.6) is 0 Å². The number of nitrogens with one attached hydrogen (secondary N) is 2. The second kappa shape index (κ2) is 6.45. The molecule has 0 spiro atoms. The van der Waals surface area contributed by atoms with E-state index in [1.165, 1.54) is 6.20 Å². The predicted molar refractivity (Wildman–Crippen MR) is 88.0 cm³/mol. The van der Waals surface area contributed by atoms with E-state index in [0.29, 0.717) is 22.8 Å². The second-order valence-corrected chi connectivity index (χ2v) is 5.35. The molecule has 0 saturated carbocycles. The molecule has 2 N–H and O–H groups in total. The van der Waals surface area contributed by atoms with Gasteiger partial charge in [0.2, 0.25) is 0 Å². The van der Waals surface area contributed by atoms with Crippen LogP contribution in [0.4, 0.5) is 4.79 Å². The molecule has 2 aromatic rings. The fourth-order valence-corrected chi connectivity index (χ4v) is 2.23. The number of hydrogen-bond donors (Lipinski definition) is 2. The van der Waals surface area contributed by atoms with Crippen LogP contribution in [-0.2, 0) is 0 Å². The van der Waals surface area contributed by atoms with Crippen LogP contribution in [-0.4, -0.2) is 39.2 Å². The molecule has 0 fully saturated rings. The number of amides is 3. The molecule has 8 heteroatoms. The van der Waals surface area contributed by atoms with E-state index in [1.807, 2.05) is 30.3 Å². The number of urea groups is 1. The van der Waals surface area contributed by atoms with Crippen LogP contribution in [0.1, 0.15) is 23.0 Å². The standard InChI is InChI=1S/C16H16N6O2/c1-10-9-22(16(24)20-19-10)21-15(23)13-8-17-14(18-11(13)2)12-6-4-3-5-7-12/h3-8H,9H2,1-2H3,(H,20,24)(H,21,23). The van der Waals surface area contributed by atoms with Gasteiger partial charge in [0, 0.05) is 11.8 Å². The summed E-state index contributed by atoms with van der Waals surface area (Å²) >= 11 is 0. The smallest absolute Gasteiger partial charge is 0.267 e. The Hall–Kier alpha value is -3.29. The number of benzene rings is 1. The van der Waals surface area contributed by atoms with Gasteiger partial charge < -0.3 is 0 Å². The Morgan fingerprint density at radius 1 is 1.25 bits per heavy atom. The largest absolute Gasteiger partial charge is 0.356 e. The van der Waals surface area contributed by atoms with Crippen molar-refractivity contribution in [2.24, 2.45) is 5.10 Å². The number of aryl methyl sites for hydroxylation is 1. The SMILES string of the molecule is CC1=NNC(=O)N(NC(=O)c2cnc(-c3ccccc3)nc2C)C1. The molecule has 0 radical (unpaired) electrons. The van der Waals surface area contributed by atoms with Crippen molar-refractivity contribution in [1.82, 2.24) is 25.8 Å². The summed E-state index contributed by atoms with van der Waals surface area (Å²) in [6.07, 6.45) is 1.46. The zero-order chi connectivity index (χ0) is 17.1. The van der Waals surface area contributed by atoms with Gasteiger partial charge in [-0.1, -0.05) is 30.3 Å². The molecule has 0 bridgehead atoms. The molecule has 0 saturated heterocycles. The van der Waals surface area contributed by atoms with Crippen LogP contribution in [0.25, 0.3) is 11.4 Å². The Morgan fingerprint density at radius 2 is 2.00 bits per heavy atom. The first kappa shape index (κ1) is 15.6. The van der Waals surface area contributed by atoms with Gasteiger partial charge in [0.1, 0.15) is 0 Å². The molecule has 2 heterocycles. The average Bonchev–Trinajstić information content (AvgIpc) is 2.58. The summed E-state index contributed by atoms with van der Waals surface area (Å²) in [7, 11) is 0. The summed E-state index contributed by atoms with van der Waals surface area (Å²) in [6.45, 7) is 3.70. The summed E-state index contributed by atoms with van der Waals surface area (Å²) in [5.74, 6) is 0.0975. The Labute approximate surface area is 138 Å². The van der Waals surface area contributed by atoms with Crippen molar-refractivity contribution < 1.29 is 9.59 Å². The van der Waals surface area contributed by atoms with Crippen LogP contribution >= 0.6 is 0 Å². The number of carbonyl (C=O) groups excluding carboxylic acids is 2. The highest BCUT2D eigenvalue weighted by Crippen LogP contribution is 2.15. The van der Waals surface area contributed by atoms with Gasteiger partial charge in [-0.15, -0.1) is 0 Å². The summed E-state index contributed by atoms with van der Waals surface area (Å²) < 4.78 is 0. The van der Waals surface area contributed by atoms with Gasteiger partial charge >= 0.3 is 6.03 Å². The van der Waals surface area contributed by atoms with Gasteiger partial charge in [-0.05, 0) is 13.8 Å². The second-order valence-electron chi connectivity index (χ2n) is 5.35. The quantitative estimate of drug-likeness (QED) is 0.893. The molecule has 1 aliphatic heterocycles. The first-order valence-corrected chi connectivity index (χ1v) is 7.35. The molecular weight excluding hydrogens is 308 g/mol. The molecule has 1 aromatic heterocycles. The molecule has 3 rings (SSSR count). The lowest BCUT2D eigenvalue weighted by atomic mass is 10.2. The van der Waals surface area contributed by atoms with E-state index in [0.717, 1.165) is 10.6 Å². The van der Waals surface area contributed by atoms with Gasteiger partial charge in [-0.2, -0.15) is 5.10 Å². The van der Waals surface area contributed by atoms with E-state index in [9.17, 15) is 9.59 Å². The summed E-state index contributed by atoms with van der Waals surface area (Å²) in [6, 6.07) is 9.01. The highest BCUT2D eigenvalue weighted by molar-refractivity contribution is 5.98. The van der Waals surface area contributed by atoms with Crippen molar-refractivity contribution in [2.45, 2.75) is 13.8 Å². The lowest BCUT2D eigenvalue weighted by Crippen LogP contribution is -2.54. The number of hydrogen-bond acceptors (Lipinski definition) is 5. The van der Waals surface area contributed by atoms with Gasteiger partial charge in [0.15, 0.2) is 5.82 Å². The van der Waals surface area contributed by atoms with Crippen molar-refractivity contribution in [1.29, 1.82) is 0 Å². The first-order valence-electron chi connectivity index (χ1n) is 7.35. The maximum Gasteiger partial charge on any atom is 0.356 e. The number of aromatic nitrogens is 2. The van der Waals surface area contributed by atoms with Gasteiger partial charge in [-0.25, -0.2) is 25.2 Å². The molecule has 24 heavy (non-hydrogen) atoms. The summed E-state index contributed by atoms with van der Waals surface area (Å²) in [5.41, 5.74) is 7.24. The minimum atomic E-state index is -0.492. The molecule has 0 unspecified atom stereocenters. The fourth-order valence-electron chi connectivity index (χ4n) is 2.23. The Balaban J connectivity index is 1.78. The Morgan fingerprint density at radius 3 is 2.71 bits per heavy atom. The lowest BCUT2D eigenvalue weighted by Gasteiger charge is -2.25. The first-order chi connectivity index (χ1) is 11.5. The van der Waals surface area contributed by atoms with E-state index < -0.39 is 11.9 Å². The number of rotatable bonds is 3. The van der Waals surface area contributed by atoms with Crippen LogP contribution in [0, 0.1) is 6.92 Å². The third-order valence-electron chi connectivity index (χ3n) is 3.47. The van der Waals surface area contributed by atoms with Gasteiger partial charge in [0.25, 0.3) is 5.91 Å². The van der Waals surface area contributed by atoms with E-state index in [-0.39, 0.29) is 6.54 Å². The van der Waals surface area contributed by atoms with Crippen LogP contribution < -0.4 is 10.9 Å². The van der Waals surface area contributed by atoms with Crippen LogP contribution in [0.3, 0.4) is 0 Å². The highest BCUT2D eigenvalue weighted by Gasteiger charge is 2.22. The minimum Gasteiger partial charge on any atom is -0.267 e. The highest BCUT2D eigenvalue weighted by atomic mass is 16.2. The number of carbonyl (C=O) groups is 2. The zero-order valence-corrected chi connectivity index (χ0v) is 13.3. The normalized spacial score (nSPS) is 14.0. The average molecular weight is 324 g/mol. The molecule has 0 atom stereocenters. The summed E-state index contributed by atoms with van der Waals surface area (Å²) in [4.78, 5) is 32.7. The van der Waals surface area contributed by atoms with E-state index in [2.05, 4.69) is 25.9 Å². The van der Waals surface area contributed by atoms with E-state index in [1.54, 1.807) is 13.8 Å². The van der Waals surface area contributed by atoms with Crippen molar-refractivity contribution in [3.05, 3.63) is 47.8 Å². The molecule has 3 amide bonds.